The molecule has 1 aliphatic heterocycles. The third-order valence-corrected chi connectivity index (χ3v) is 2.66. The van der Waals surface area contributed by atoms with Crippen LogP contribution < -0.4 is 5.73 Å². The molecule has 86 valence electrons. The van der Waals surface area contributed by atoms with Crippen molar-refractivity contribution in [2.24, 2.45) is 5.73 Å². The van der Waals surface area contributed by atoms with E-state index >= 15 is 0 Å². The van der Waals surface area contributed by atoms with Gasteiger partial charge in [-0.2, -0.15) is 0 Å². The number of hydrogen-bond donors (Lipinski definition) is 3. The Labute approximate surface area is 92.5 Å². The molecule has 0 bridgehead atoms. The van der Waals surface area contributed by atoms with Crippen molar-refractivity contribution in [1.82, 2.24) is 0 Å². The van der Waals surface area contributed by atoms with Crippen LogP contribution in [0.4, 0.5) is 0 Å². The van der Waals surface area contributed by atoms with E-state index in [0.717, 1.165) is 5.56 Å². The molecule has 0 aromatic heterocycles. The van der Waals surface area contributed by atoms with Gasteiger partial charge in [0.15, 0.2) is 0 Å². The van der Waals surface area contributed by atoms with Crippen LogP contribution in [-0.2, 0) is 11.3 Å². The van der Waals surface area contributed by atoms with Crippen molar-refractivity contribution in [2.75, 3.05) is 6.54 Å². The Morgan fingerprint density at radius 1 is 1.44 bits per heavy atom. The van der Waals surface area contributed by atoms with Gasteiger partial charge in [-0.25, -0.2) is 4.79 Å². The van der Waals surface area contributed by atoms with Gasteiger partial charge in [0, 0.05) is 12.1 Å². The number of hydrogen-bond acceptors (Lipinski definition) is 5. The molecule has 5 heteroatoms. The molecule has 0 saturated carbocycles. The average Bonchev–Trinajstić information content (AvgIpc) is 2.68. The van der Waals surface area contributed by atoms with E-state index in [1.807, 2.05) is 0 Å². The minimum atomic E-state index is -1.08. The van der Waals surface area contributed by atoms with Crippen LogP contribution in [0.25, 0.3) is 0 Å². The molecule has 0 saturated heterocycles. The third kappa shape index (κ3) is 1.80. The van der Waals surface area contributed by atoms with E-state index in [9.17, 15) is 15.0 Å². The fourth-order valence-electron chi connectivity index (χ4n) is 1.67. The average molecular weight is 223 g/mol. The summed E-state index contributed by atoms with van der Waals surface area (Å²) in [5.74, 6) is -0.397. The molecule has 4 N–H and O–H groups in total. The van der Waals surface area contributed by atoms with Gasteiger partial charge in [-0.1, -0.05) is 12.1 Å². The highest BCUT2D eigenvalue weighted by molar-refractivity contribution is 5.93. The minimum Gasteiger partial charge on any atom is -0.457 e. The number of cyclic esters (lactones) is 1. The first kappa shape index (κ1) is 11.1. The zero-order chi connectivity index (χ0) is 11.7. The van der Waals surface area contributed by atoms with Crippen molar-refractivity contribution < 1.29 is 19.7 Å². The summed E-state index contributed by atoms with van der Waals surface area (Å²) < 4.78 is 4.84. The smallest absolute Gasteiger partial charge is 0.338 e. The first-order chi connectivity index (χ1) is 7.63. The van der Waals surface area contributed by atoms with E-state index in [2.05, 4.69) is 0 Å². The molecule has 1 aliphatic rings. The molecule has 0 spiro atoms. The van der Waals surface area contributed by atoms with Crippen LogP contribution >= 0.6 is 0 Å². The Morgan fingerprint density at radius 3 is 2.88 bits per heavy atom. The van der Waals surface area contributed by atoms with Crippen LogP contribution in [0, 0.1) is 0 Å². The fraction of sp³-hybridized carbons (Fsp3) is 0.364. The summed E-state index contributed by atoms with van der Waals surface area (Å²) in [6.07, 6.45) is -2.11. The normalized spacial score (nSPS) is 17.8. The summed E-state index contributed by atoms with van der Waals surface area (Å²) >= 11 is 0. The first-order valence-corrected chi connectivity index (χ1v) is 4.99. The van der Waals surface area contributed by atoms with Gasteiger partial charge >= 0.3 is 5.97 Å². The summed E-state index contributed by atoms with van der Waals surface area (Å²) in [5, 5.41) is 19.1. The van der Waals surface area contributed by atoms with E-state index in [1.54, 1.807) is 12.1 Å². The molecule has 1 aromatic rings. The predicted octanol–water partition coefficient (Wildman–Crippen LogP) is -0.290. The number of benzene rings is 1. The van der Waals surface area contributed by atoms with E-state index in [4.69, 9.17) is 10.5 Å². The lowest BCUT2D eigenvalue weighted by Gasteiger charge is -2.16. The zero-order valence-corrected chi connectivity index (χ0v) is 8.59. The highest BCUT2D eigenvalue weighted by Gasteiger charge is 2.24. The molecular formula is C11H13NO4. The van der Waals surface area contributed by atoms with Crippen LogP contribution in [0.15, 0.2) is 18.2 Å². The maximum Gasteiger partial charge on any atom is 0.338 e. The van der Waals surface area contributed by atoms with Crippen LogP contribution in [0.5, 0.6) is 0 Å². The van der Waals surface area contributed by atoms with Crippen molar-refractivity contribution in [2.45, 2.75) is 18.8 Å². The number of fused-ring (bicyclic) bond motifs is 1. The second-order valence-corrected chi connectivity index (χ2v) is 3.74. The van der Waals surface area contributed by atoms with Gasteiger partial charge in [-0.05, 0) is 11.6 Å². The summed E-state index contributed by atoms with van der Waals surface area (Å²) in [4.78, 5) is 11.3. The number of rotatable bonds is 3. The van der Waals surface area contributed by atoms with Crippen molar-refractivity contribution in [1.29, 1.82) is 0 Å². The molecule has 2 atom stereocenters. The van der Waals surface area contributed by atoms with Gasteiger partial charge in [0.2, 0.25) is 0 Å². The SMILES string of the molecule is NCC(O)C(O)c1ccc2c(c1)C(=O)OC2. The number of aliphatic hydroxyl groups excluding tert-OH is 2. The lowest BCUT2D eigenvalue weighted by atomic mass is 9.99. The molecular weight excluding hydrogens is 210 g/mol. The number of carbonyl (C=O) groups excluding carboxylic acids is 1. The fourth-order valence-corrected chi connectivity index (χ4v) is 1.67. The van der Waals surface area contributed by atoms with E-state index < -0.39 is 18.2 Å². The Kier molecular flexibility index (Phi) is 2.91. The standard InChI is InChI=1S/C11H13NO4/c12-4-9(13)10(14)6-1-2-7-5-16-11(15)8(7)3-6/h1-3,9-10,13-14H,4-5,12H2. The van der Waals surface area contributed by atoms with E-state index in [-0.39, 0.29) is 13.2 Å². The monoisotopic (exact) mass is 223 g/mol. The van der Waals surface area contributed by atoms with E-state index in [0.29, 0.717) is 11.1 Å². The van der Waals surface area contributed by atoms with Crippen molar-refractivity contribution >= 4 is 5.97 Å². The second kappa shape index (κ2) is 4.21. The van der Waals surface area contributed by atoms with Crippen LogP contribution in [0.3, 0.4) is 0 Å². The molecule has 1 heterocycles. The largest absolute Gasteiger partial charge is 0.457 e. The number of carbonyl (C=O) groups is 1. The molecule has 5 nitrogen and oxygen atoms in total. The van der Waals surface area contributed by atoms with Crippen molar-refractivity contribution in [3.05, 3.63) is 34.9 Å². The lowest BCUT2D eigenvalue weighted by molar-refractivity contribution is 0.0243. The Morgan fingerprint density at radius 2 is 2.19 bits per heavy atom. The van der Waals surface area contributed by atoms with Crippen molar-refractivity contribution in [3.8, 4) is 0 Å². The molecule has 2 rings (SSSR count). The molecule has 1 aromatic carbocycles. The highest BCUT2D eigenvalue weighted by atomic mass is 16.5. The molecule has 0 aliphatic carbocycles. The molecule has 2 unspecified atom stereocenters. The maximum atomic E-state index is 11.3. The Bertz CT molecular complexity index is 418. The van der Waals surface area contributed by atoms with E-state index in [1.165, 1.54) is 6.07 Å². The maximum absolute atomic E-state index is 11.3. The van der Waals surface area contributed by atoms with Gasteiger partial charge in [-0.3, -0.25) is 0 Å². The highest BCUT2D eigenvalue weighted by Crippen LogP contribution is 2.25. The van der Waals surface area contributed by atoms with Crippen LogP contribution in [0.2, 0.25) is 0 Å². The first-order valence-electron chi connectivity index (χ1n) is 4.99. The quantitative estimate of drug-likeness (QED) is 0.612. The summed E-state index contributed by atoms with van der Waals surface area (Å²) in [5.41, 5.74) is 6.96. The van der Waals surface area contributed by atoms with Gasteiger partial charge in [0.25, 0.3) is 0 Å². The molecule has 16 heavy (non-hydrogen) atoms. The number of ether oxygens (including phenoxy) is 1. The number of esters is 1. The number of aliphatic hydroxyl groups is 2. The second-order valence-electron chi connectivity index (χ2n) is 3.74. The lowest BCUT2D eigenvalue weighted by Crippen LogP contribution is -2.27. The molecule has 0 radical (unpaired) electrons. The summed E-state index contributed by atoms with van der Waals surface area (Å²) in [7, 11) is 0. The Hall–Kier alpha value is -1.43. The van der Waals surface area contributed by atoms with Gasteiger partial charge in [0.05, 0.1) is 11.7 Å². The van der Waals surface area contributed by atoms with Gasteiger partial charge in [0.1, 0.15) is 12.7 Å². The Balaban J connectivity index is 2.31. The van der Waals surface area contributed by atoms with Gasteiger partial charge in [-0.15, -0.1) is 0 Å². The molecule has 0 fully saturated rings. The minimum absolute atomic E-state index is 0.0390. The zero-order valence-electron chi connectivity index (χ0n) is 8.59. The van der Waals surface area contributed by atoms with Crippen molar-refractivity contribution in [3.63, 3.8) is 0 Å². The van der Waals surface area contributed by atoms with Gasteiger partial charge < -0.3 is 20.7 Å². The summed E-state index contributed by atoms with van der Waals surface area (Å²) in [6, 6.07) is 4.90. The van der Waals surface area contributed by atoms with Crippen LogP contribution in [-0.4, -0.2) is 28.8 Å². The molecule has 0 amide bonds. The summed E-state index contributed by atoms with van der Waals surface area (Å²) in [6.45, 7) is 0.229. The number of nitrogens with two attached hydrogens (primary N) is 1. The third-order valence-electron chi connectivity index (χ3n) is 2.66. The van der Waals surface area contributed by atoms with Crippen LogP contribution in [0.1, 0.15) is 27.6 Å². The topological polar surface area (TPSA) is 92.8 Å². The predicted molar refractivity (Wildman–Crippen MR) is 55.6 cm³/mol.